The molecule has 0 aliphatic heterocycles. The van der Waals surface area contributed by atoms with Gasteiger partial charge in [-0.15, -0.1) is 0 Å². The molecule has 1 aromatic carbocycles. The van der Waals surface area contributed by atoms with Crippen molar-refractivity contribution in [3.8, 4) is 11.1 Å². The summed E-state index contributed by atoms with van der Waals surface area (Å²) >= 11 is 0. The normalized spacial score (nSPS) is 11.6. The molecule has 0 aliphatic rings. The summed E-state index contributed by atoms with van der Waals surface area (Å²) in [4.78, 5) is 29.3. The van der Waals surface area contributed by atoms with Crippen LogP contribution in [0.3, 0.4) is 0 Å². The molecule has 0 bridgehead atoms. The van der Waals surface area contributed by atoms with Crippen molar-refractivity contribution >= 4 is 5.97 Å². The SMILES string of the molecule is Cc1ccc(-c2c(CN)c(CC(C)(C)C)nc(C)c2C(=O)OCc2oc(=O)oc2C)cc1. The molecule has 2 heterocycles. The molecular weight excluding hydrogens is 408 g/mol. The first kappa shape index (κ1) is 23.5. The van der Waals surface area contributed by atoms with Gasteiger partial charge >= 0.3 is 11.8 Å². The van der Waals surface area contributed by atoms with Gasteiger partial charge in [0.15, 0.2) is 18.1 Å². The Morgan fingerprint density at radius 2 is 1.75 bits per heavy atom. The Bertz CT molecular complexity index is 1180. The van der Waals surface area contributed by atoms with Gasteiger partial charge in [-0.25, -0.2) is 9.59 Å². The highest BCUT2D eigenvalue weighted by Gasteiger charge is 2.26. The van der Waals surface area contributed by atoms with Gasteiger partial charge in [0.05, 0.1) is 11.3 Å². The molecule has 0 spiro atoms. The summed E-state index contributed by atoms with van der Waals surface area (Å²) in [7, 11) is 0. The van der Waals surface area contributed by atoms with Crippen LogP contribution in [0.15, 0.2) is 37.9 Å². The number of pyridine rings is 1. The van der Waals surface area contributed by atoms with Crippen molar-refractivity contribution in [1.29, 1.82) is 0 Å². The summed E-state index contributed by atoms with van der Waals surface area (Å²) in [6.45, 7) is 11.8. The van der Waals surface area contributed by atoms with Crippen LogP contribution in [0.5, 0.6) is 0 Å². The Morgan fingerprint density at radius 1 is 1.09 bits per heavy atom. The first-order valence-corrected chi connectivity index (χ1v) is 10.6. The first-order valence-electron chi connectivity index (χ1n) is 10.6. The van der Waals surface area contributed by atoms with E-state index in [1.54, 1.807) is 13.8 Å². The predicted molar refractivity (Wildman–Crippen MR) is 121 cm³/mol. The molecule has 0 aliphatic carbocycles. The fourth-order valence-electron chi connectivity index (χ4n) is 3.67. The van der Waals surface area contributed by atoms with Gasteiger partial charge < -0.3 is 19.3 Å². The van der Waals surface area contributed by atoms with Crippen molar-refractivity contribution in [1.82, 2.24) is 4.98 Å². The van der Waals surface area contributed by atoms with Crippen LogP contribution in [-0.4, -0.2) is 11.0 Å². The zero-order valence-electron chi connectivity index (χ0n) is 19.5. The number of hydrogen-bond acceptors (Lipinski definition) is 7. The maximum Gasteiger partial charge on any atom is 0.519 e. The Morgan fingerprint density at radius 3 is 2.28 bits per heavy atom. The van der Waals surface area contributed by atoms with Crippen molar-refractivity contribution < 1.29 is 18.4 Å². The van der Waals surface area contributed by atoms with Crippen LogP contribution < -0.4 is 11.6 Å². The lowest BCUT2D eigenvalue weighted by Crippen LogP contribution is -2.19. The smallest absolute Gasteiger partial charge is 0.454 e. The van der Waals surface area contributed by atoms with E-state index in [0.29, 0.717) is 17.7 Å². The molecule has 0 saturated carbocycles. The Hall–Kier alpha value is -3.19. The lowest BCUT2D eigenvalue weighted by Gasteiger charge is -2.24. The second kappa shape index (κ2) is 9.12. The van der Waals surface area contributed by atoms with E-state index < -0.39 is 11.8 Å². The molecule has 0 radical (unpaired) electrons. The summed E-state index contributed by atoms with van der Waals surface area (Å²) in [6.07, 6.45) is 0.716. The fraction of sp³-hybridized carbons (Fsp3) is 0.400. The average Bonchev–Trinajstić information content (AvgIpc) is 3.02. The van der Waals surface area contributed by atoms with Crippen LogP contribution in [0.2, 0.25) is 0 Å². The lowest BCUT2D eigenvalue weighted by molar-refractivity contribution is 0.0442. The van der Waals surface area contributed by atoms with Gasteiger partial charge in [-0.3, -0.25) is 4.98 Å². The van der Waals surface area contributed by atoms with Crippen molar-refractivity contribution in [2.24, 2.45) is 11.1 Å². The quantitative estimate of drug-likeness (QED) is 0.559. The van der Waals surface area contributed by atoms with Crippen LogP contribution in [0, 0.1) is 26.2 Å². The van der Waals surface area contributed by atoms with Crippen molar-refractivity contribution in [2.75, 3.05) is 0 Å². The van der Waals surface area contributed by atoms with Gasteiger partial charge in [0.25, 0.3) is 0 Å². The Balaban J connectivity index is 2.13. The van der Waals surface area contributed by atoms with E-state index in [-0.39, 0.29) is 30.1 Å². The number of nitrogens with zero attached hydrogens (tertiary/aromatic N) is 1. The minimum Gasteiger partial charge on any atom is -0.454 e. The third kappa shape index (κ3) is 5.16. The highest BCUT2D eigenvalue weighted by Crippen LogP contribution is 2.34. The minimum absolute atomic E-state index is 0.00766. The predicted octanol–water partition coefficient (Wildman–Crippen LogP) is 4.62. The van der Waals surface area contributed by atoms with E-state index in [2.05, 4.69) is 20.8 Å². The number of carbonyl (C=O) groups excluding carboxylic acids is 1. The molecule has 3 aromatic rings. The zero-order valence-corrected chi connectivity index (χ0v) is 19.5. The van der Waals surface area contributed by atoms with Crippen LogP contribution in [-0.2, 0) is 24.3 Å². The third-order valence-electron chi connectivity index (χ3n) is 5.18. The fourth-order valence-corrected chi connectivity index (χ4v) is 3.67. The molecule has 0 amide bonds. The highest BCUT2D eigenvalue weighted by molar-refractivity contribution is 5.99. The van der Waals surface area contributed by atoms with Gasteiger partial charge in [0.1, 0.15) is 0 Å². The summed E-state index contributed by atoms with van der Waals surface area (Å²) in [5.74, 6) is -0.941. The van der Waals surface area contributed by atoms with Crippen LogP contribution in [0.25, 0.3) is 11.1 Å². The number of hydrogen-bond donors (Lipinski definition) is 1. The van der Waals surface area contributed by atoms with E-state index in [1.807, 2.05) is 31.2 Å². The number of benzene rings is 1. The maximum atomic E-state index is 13.2. The molecule has 0 unspecified atom stereocenters. The lowest BCUT2D eigenvalue weighted by atomic mass is 9.85. The molecular formula is C25H30N2O5. The van der Waals surface area contributed by atoms with Crippen molar-refractivity contribution in [2.45, 2.75) is 61.1 Å². The van der Waals surface area contributed by atoms with Crippen LogP contribution >= 0.6 is 0 Å². The topological polar surface area (TPSA) is 109 Å². The molecule has 2 N–H and O–H groups in total. The van der Waals surface area contributed by atoms with Gasteiger partial charge in [-0.05, 0) is 43.7 Å². The number of aromatic nitrogens is 1. The molecule has 0 atom stereocenters. The second-order valence-electron chi connectivity index (χ2n) is 9.19. The molecule has 2 aromatic heterocycles. The molecule has 7 nitrogen and oxygen atoms in total. The number of ether oxygens (including phenoxy) is 1. The zero-order chi connectivity index (χ0) is 23.6. The van der Waals surface area contributed by atoms with Crippen molar-refractivity contribution in [3.05, 3.63) is 74.5 Å². The van der Waals surface area contributed by atoms with Crippen LogP contribution in [0.4, 0.5) is 0 Å². The van der Waals surface area contributed by atoms with E-state index in [0.717, 1.165) is 27.9 Å². The second-order valence-corrected chi connectivity index (χ2v) is 9.19. The van der Waals surface area contributed by atoms with Gasteiger partial charge in [-0.1, -0.05) is 50.6 Å². The number of carbonyl (C=O) groups is 1. The molecule has 7 heteroatoms. The van der Waals surface area contributed by atoms with Gasteiger partial charge in [-0.2, -0.15) is 0 Å². The Labute approximate surface area is 187 Å². The van der Waals surface area contributed by atoms with Gasteiger partial charge in [0, 0.05) is 17.8 Å². The largest absolute Gasteiger partial charge is 0.519 e. The number of esters is 1. The van der Waals surface area contributed by atoms with Crippen LogP contribution in [0.1, 0.15) is 65.2 Å². The number of rotatable bonds is 6. The van der Waals surface area contributed by atoms with E-state index in [4.69, 9.17) is 24.3 Å². The van der Waals surface area contributed by atoms with E-state index >= 15 is 0 Å². The number of nitrogens with two attached hydrogens (primary N) is 1. The van der Waals surface area contributed by atoms with Crippen molar-refractivity contribution in [3.63, 3.8) is 0 Å². The molecule has 3 rings (SSSR count). The third-order valence-corrected chi connectivity index (χ3v) is 5.18. The Kier molecular flexibility index (Phi) is 6.69. The summed E-state index contributed by atoms with van der Waals surface area (Å²) in [5.41, 5.74) is 11.5. The molecule has 0 saturated heterocycles. The molecule has 0 fully saturated rings. The standard InChI is InChI=1S/C25H30N2O5/c1-14-7-9-17(10-8-14)22-18(12-26)19(11-25(4,5)6)27-15(2)21(22)23(28)30-13-20-16(3)31-24(29)32-20/h7-10H,11-13,26H2,1-6H3. The summed E-state index contributed by atoms with van der Waals surface area (Å²) in [6, 6.07) is 7.93. The first-order chi connectivity index (χ1) is 15.0. The number of aryl methyl sites for hydroxylation is 3. The monoisotopic (exact) mass is 438 g/mol. The van der Waals surface area contributed by atoms with E-state index in [9.17, 15) is 9.59 Å². The summed E-state index contributed by atoms with van der Waals surface area (Å²) < 4.78 is 15.3. The highest BCUT2D eigenvalue weighted by atomic mass is 16.6. The molecule has 170 valence electrons. The van der Waals surface area contributed by atoms with E-state index in [1.165, 1.54) is 0 Å². The summed E-state index contributed by atoms with van der Waals surface area (Å²) in [5, 5.41) is 0. The molecule has 32 heavy (non-hydrogen) atoms. The maximum absolute atomic E-state index is 13.2. The minimum atomic E-state index is -0.830. The average molecular weight is 439 g/mol. The van der Waals surface area contributed by atoms with Gasteiger partial charge in [0.2, 0.25) is 0 Å².